The fourth-order valence-electron chi connectivity index (χ4n) is 10.4. The van der Waals surface area contributed by atoms with Crippen LogP contribution >= 0.6 is 72.7 Å². The third-order valence-corrected chi connectivity index (χ3v) is 19.9. The van der Waals surface area contributed by atoms with E-state index in [0.29, 0.717) is 57.5 Å². The molecule has 0 radical (unpaired) electrons. The molecule has 0 saturated heterocycles. The first-order chi connectivity index (χ1) is 68.3. The lowest BCUT2D eigenvalue weighted by atomic mass is 10.1. The van der Waals surface area contributed by atoms with Crippen molar-refractivity contribution in [2.24, 2.45) is 0 Å². The first-order valence-electron chi connectivity index (χ1n) is 43.8. The van der Waals surface area contributed by atoms with Gasteiger partial charge in [0.25, 0.3) is 0 Å². The van der Waals surface area contributed by atoms with E-state index in [1.165, 1.54) is 72.3 Å². The van der Waals surface area contributed by atoms with Crippen LogP contribution < -0.4 is 34.9 Å². The van der Waals surface area contributed by atoms with Crippen LogP contribution in [0, 0.1) is 55.5 Å². The lowest BCUT2D eigenvalue weighted by Gasteiger charge is -2.19. The van der Waals surface area contributed by atoms with E-state index in [1.54, 1.807) is 116 Å². The molecule has 3 amide bonds. The Balaban J connectivity index is 0.000000583. The van der Waals surface area contributed by atoms with Gasteiger partial charge in [-0.05, 0) is 216 Å². The Labute approximate surface area is 881 Å². The molecule has 0 aromatic heterocycles. The number of benzene rings is 10. The van der Waals surface area contributed by atoms with Gasteiger partial charge in [-0.2, -0.15) is 0 Å². The number of hydrogen-bond donors (Lipinski definition) is 9. The summed E-state index contributed by atoms with van der Waals surface area (Å²) in [4.78, 5) is 102. The van der Waals surface area contributed by atoms with Gasteiger partial charge in [0.2, 0.25) is 0 Å². The van der Waals surface area contributed by atoms with Gasteiger partial charge >= 0.3 is 54.1 Å². The molecule has 31 nitrogen and oxygen atoms in total. The monoisotopic (exact) mass is 2290 g/mol. The Bertz CT molecular complexity index is 5730. The Hall–Kier alpha value is -14.7. The van der Waals surface area contributed by atoms with E-state index in [0.717, 1.165) is 74.5 Å². The van der Waals surface area contributed by atoms with E-state index in [1.807, 2.05) is 140 Å². The number of methoxy groups -OCH3 is 5. The Kier molecular flexibility index (Phi) is 60.3. The Morgan fingerprint density at radius 3 is 0.931 bits per heavy atom. The van der Waals surface area contributed by atoms with Gasteiger partial charge in [0.1, 0.15) is 112 Å². The molecule has 10 aromatic rings. The number of amides is 3. The molecule has 144 heavy (non-hydrogen) atoms. The smallest absolute Gasteiger partial charge is 0.408 e. The number of nitrogens with one attached hydrogen (secondary N) is 3. The molecule has 0 unspecified atom stereocenters. The largest absolute Gasteiger partial charge is 0.508 e. The standard InChI is InChI=1S/C30H31NO6.C22H19IO4.C16H19NO6.C8H7IO4.C8H13NO2.C8H8O4.C7H7Br.C6H9Cl.C4H8O2/c1-30(2,3)37-29(33)31-17-11-16-25-26(35-20-22-12-7-5-8-13-22)18-24(28(32)34-4)19-27(25)36-21-23-14-9-6-10-15-23;1-25-22(24)18-12-19(26-14-16-8-4-2-5-9-16)21(23)20(13-18)27-15-17-10-6-3-7-11-17;1-16(2,3)23-15(21)17-7-5-6-11-12(18)8-10(9-13(11)19)14(20)22-4;1-13-8(12)4-2-5(10)7(9)6(11)3-4;1-5-6-9-7(10)11-8(2,3)4;1-12-8(11)5-2-6(9)4-7(10)3-5;8-6-7-4-2-1-3-5-7;1-2-3-4-5-6-7;1-3-6-4(2)5/h5-10,12-15,18-19H,17,20-21H2,1-4H3,(H,31,33);2-13H,14-15H2,1H3;8-9,18-19H,7H2,1-4H3,(H,17,21);2-3,10-11H,1H3;1H,6H2,2-4H3,(H,9,10);2-4,9-10H,1H3;1-5H,6H2;1H,3-6H2;3H2,1-2H3. The number of halogens is 4. The van der Waals surface area contributed by atoms with Crippen LogP contribution in [-0.2, 0) is 79.2 Å². The van der Waals surface area contributed by atoms with Crippen molar-refractivity contribution in [2.75, 3.05) is 67.7 Å². The molecule has 0 saturated carbocycles. The number of phenolic OH excluding ortho intramolecular Hbond substituents is 6. The van der Waals surface area contributed by atoms with Crippen molar-refractivity contribution in [1.82, 2.24) is 16.0 Å². The van der Waals surface area contributed by atoms with Gasteiger partial charge in [0, 0.05) is 30.6 Å². The van der Waals surface area contributed by atoms with Crippen LogP contribution in [-0.4, -0.2) is 169 Å². The number of terminal acetylenes is 2. The van der Waals surface area contributed by atoms with E-state index in [9.17, 15) is 63.6 Å². The van der Waals surface area contributed by atoms with Crippen molar-refractivity contribution in [1.29, 1.82) is 0 Å². The number of unbranched alkanes of at least 4 members (excludes halogenated alkanes) is 2. The first-order valence-corrected chi connectivity index (χ1v) is 47.6. The number of alkyl carbamates (subject to hydrolysis) is 3. The van der Waals surface area contributed by atoms with Crippen LogP contribution in [0.1, 0.15) is 186 Å². The lowest BCUT2D eigenvalue weighted by molar-refractivity contribution is -0.140. The van der Waals surface area contributed by atoms with Crippen LogP contribution in [0.15, 0.2) is 218 Å². The van der Waals surface area contributed by atoms with Gasteiger partial charge in [0.05, 0.1) is 96.7 Å². The number of phenols is 6. The maximum absolute atomic E-state index is 12.4. The number of aromatic hydroxyl groups is 6. The van der Waals surface area contributed by atoms with E-state index in [2.05, 4.69) is 121 Å². The van der Waals surface area contributed by atoms with Crippen molar-refractivity contribution in [3.05, 3.63) is 292 Å². The number of hydrogen-bond acceptors (Lipinski definition) is 28. The zero-order chi connectivity index (χ0) is 108. The Morgan fingerprint density at radius 1 is 0.375 bits per heavy atom. The molecule has 0 fully saturated rings. The maximum atomic E-state index is 12.4. The van der Waals surface area contributed by atoms with Gasteiger partial charge in [-0.1, -0.05) is 197 Å². The minimum absolute atomic E-state index is 0.0000648. The van der Waals surface area contributed by atoms with Gasteiger partial charge in [-0.25, -0.2) is 38.4 Å². The highest BCUT2D eigenvalue weighted by molar-refractivity contribution is 14.1. The molecule has 0 aliphatic carbocycles. The third kappa shape index (κ3) is 54.3. The van der Waals surface area contributed by atoms with E-state index < -0.39 is 64.9 Å². The zero-order valence-electron chi connectivity index (χ0n) is 82.8. The number of carbonyl (C=O) groups excluding carboxylic acids is 9. The molecule has 0 aliphatic rings. The SMILES string of the molecule is BrCc1ccccc1.C#CCCCCCl.C#CCNC(=O)OC(C)(C)C.CCOC(C)=O.COC(=O)c1cc(O)c(C#CCNC(=O)OC(C)(C)C)c(O)c1.COC(=O)c1cc(O)c(I)c(O)c1.COC(=O)c1cc(O)cc(O)c1.COC(=O)c1cc(OCc2ccccc2)c(C#CCNC(=O)OC(C)(C)C)c(OCc2ccccc2)c1.COC(=O)c1cc(OCc2ccccc2)c(I)c(OCc2ccccc2)c1. The number of esters is 6. The summed E-state index contributed by atoms with van der Waals surface area (Å²) in [6.07, 6.45) is 11.2. The topological polar surface area (TPSA) is 431 Å². The summed E-state index contributed by atoms with van der Waals surface area (Å²) in [5.74, 6) is 14.1. The summed E-state index contributed by atoms with van der Waals surface area (Å²) >= 11 is 12.7. The third-order valence-electron chi connectivity index (χ3n) is 16.8. The van der Waals surface area contributed by atoms with E-state index in [-0.39, 0.29) is 101 Å². The highest BCUT2D eigenvalue weighted by Crippen LogP contribution is 2.36. The summed E-state index contributed by atoms with van der Waals surface area (Å²) in [6.45, 7) is 21.1. The fraction of sp³-hybridized carbons (Fsp3) is 0.294. The lowest BCUT2D eigenvalue weighted by Crippen LogP contribution is -2.32. The molecular weight excluding hydrogens is 2170 g/mol. The van der Waals surface area contributed by atoms with E-state index >= 15 is 0 Å². The summed E-state index contributed by atoms with van der Waals surface area (Å²) in [7, 11) is 6.31. The molecule has 0 atom stereocenters. The Morgan fingerprint density at radius 2 is 0.660 bits per heavy atom. The molecule has 0 spiro atoms. The van der Waals surface area contributed by atoms with Crippen molar-refractivity contribution in [2.45, 2.75) is 144 Å². The van der Waals surface area contributed by atoms with Gasteiger partial charge in [-0.15, -0.1) is 30.4 Å². The average molecular weight is 2290 g/mol. The molecule has 35 heteroatoms. The second-order valence-corrected chi connectivity index (χ2v) is 35.0. The summed E-state index contributed by atoms with van der Waals surface area (Å²) < 4.78 is 67.9. The number of carbonyl (C=O) groups is 9. The highest BCUT2D eigenvalue weighted by atomic mass is 127. The predicted molar refractivity (Wildman–Crippen MR) is 568 cm³/mol. The normalized spacial score (nSPS) is 9.90. The minimum Gasteiger partial charge on any atom is -0.508 e. The van der Waals surface area contributed by atoms with Crippen LogP contribution in [0.3, 0.4) is 0 Å². The average Bonchev–Trinajstić information content (AvgIpc) is 0.802. The number of alkyl halides is 2. The molecule has 9 N–H and O–H groups in total. The quantitative estimate of drug-likeness (QED) is 0.00641. The zero-order valence-corrected chi connectivity index (χ0v) is 89.5. The molecule has 10 aromatic carbocycles. The summed E-state index contributed by atoms with van der Waals surface area (Å²) in [5, 5.41) is 64.4. The van der Waals surface area contributed by atoms with Crippen LogP contribution in [0.2, 0.25) is 0 Å². The van der Waals surface area contributed by atoms with Crippen molar-refractivity contribution in [3.63, 3.8) is 0 Å². The second kappa shape index (κ2) is 69.2. The molecule has 0 bridgehead atoms. The summed E-state index contributed by atoms with van der Waals surface area (Å²) in [6, 6.07) is 64.1. The summed E-state index contributed by atoms with van der Waals surface area (Å²) in [5.41, 5.74) is 4.93. The first kappa shape index (κ1) is 125. The van der Waals surface area contributed by atoms with Crippen LogP contribution in [0.5, 0.6) is 57.5 Å². The van der Waals surface area contributed by atoms with Gasteiger partial charge in [0.15, 0.2) is 0 Å². The van der Waals surface area contributed by atoms with Crippen molar-refractivity contribution < 1.29 is 135 Å². The van der Waals surface area contributed by atoms with Crippen LogP contribution in [0.4, 0.5) is 14.4 Å². The number of rotatable bonds is 25. The van der Waals surface area contributed by atoms with Gasteiger partial charge < -0.3 is 108 Å². The maximum Gasteiger partial charge on any atom is 0.408 e. The molecule has 0 aliphatic heterocycles. The molecule has 768 valence electrons. The molecule has 0 heterocycles. The minimum atomic E-state index is -0.693. The van der Waals surface area contributed by atoms with Gasteiger partial charge in [-0.3, -0.25) is 4.79 Å². The second-order valence-electron chi connectivity index (χ2n) is 31.9. The predicted octanol–water partition coefficient (Wildman–Crippen LogP) is 21.2. The van der Waals surface area contributed by atoms with E-state index in [4.69, 9.17) is 77.3 Å². The molecule has 10 rings (SSSR count). The fourth-order valence-corrected chi connectivity index (χ4v) is 11.9. The molecular formula is C109H121BrClI2N3O28. The van der Waals surface area contributed by atoms with Crippen molar-refractivity contribution in [3.8, 4) is 106 Å². The number of ether oxygens (including phenoxy) is 13. The van der Waals surface area contributed by atoms with Crippen molar-refractivity contribution >= 4 is 127 Å². The van der Waals surface area contributed by atoms with Crippen LogP contribution in [0.25, 0.3) is 0 Å². The highest BCUT2D eigenvalue weighted by Gasteiger charge is 2.23.